The summed E-state index contributed by atoms with van der Waals surface area (Å²) in [6.45, 7) is 1.96. The molecule has 0 aliphatic rings. The van der Waals surface area contributed by atoms with Crippen molar-refractivity contribution in [3.05, 3.63) is 59.7 Å². The largest absolute Gasteiger partial charge is 0.496 e. The van der Waals surface area contributed by atoms with Gasteiger partial charge in [0.2, 0.25) is 11.8 Å². The summed E-state index contributed by atoms with van der Waals surface area (Å²) in [6, 6.07) is 16.4. The number of amides is 2. The maximum absolute atomic E-state index is 12.2. The molecule has 0 aliphatic heterocycles. The number of carbonyl (C=O) groups excluding carboxylic acids is 2. The lowest BCUT2D eigenvalue weighted by molar-refractivity contribution is -0.121. The van der Waals surface area contributed by atoms with Crippen molar-refractivity contribution < 1.29 is 14.3 Å². The first-order valence-electron chi connectivity index (χ1n) is 8.22. The second kappa shape index (κ2) is 9.23. The Labute approximate surface area is 153 Å². The maximum Gasteiger partial charge on any atom is 0.223 e. The summed E-state index contributed by atoms with van der Waals surface area (Å²) in [5.74, 6) is 0.308. The van der Waals surface area contributed by atoms with E-state index < -0.39 is 0 Å². The van der Waals surface area contributed by atoms with Crippen molar-refractivity contribution in [3.63, 3.8) is 0 Å². The Hall–Kier alpha value is -3.33. The smallest absolute Gasteiger partial charge is 0.223 e. The van der Waals surface area contributed by atoms with Crippen molar-refractivity contribution in [2.75, 3.05) is 18.6 Å². The molecule has 0 radical (unpaired) electrons. The Kier molecular flexibility index (Phi) is 6.75. The molecule has 0 aromatic heterocycles. The summed E-state index contributed by atoms with van der Waals surface area (Å²) in [6.07, 6.45) is 0.133. The highest BCUT2D eigenvalue weighted by Gasteiger charge is 2.16. The van der Waals surface area contributed by atoms with Crippen LogP contribution in [0.2, 0.25) is 0 Å². The molecule has 134 valence electrons. The van der Waals surface area contributed by atoms with Gasteiger partial charge in [0.05, 0.1) is 18.4 Å². The van der Waals surface area contributed by atoms with Gasteiger partial charge in [-0.05, 0) is 18.2 Å². The van der Waals surface area contributed by atoms with Crippen LogP contribution in [-0.2, 0) is 16.1 Å². The Morgan fingerprint density at radius 1 is 1.15 bits per heavy atom. The lowest BCUT2D eigenvalue weighted by Gasteiger charge is -2.22. The minimum atomic E-state index is -0.217. The van der Waals surface area contributed by atoms with Crippen LogP contribution in [0.15, 0.2) is 48.5 Å². The molecule has 0 unspecified atom stereocenters. The van der Waals surface area contributed by atoms with Crippen LogP contribution in [0, 0.1) is 11.3 Å². The fourth-order valence-electron chi connectivity index (χ4n) is 2.60. The highest BCUT2D eigenvalue weighted by Crippen LogP contribution is 2.20. The molecule has 0 saturated heterocycles. The number of carbonyl (C=O) groups is 2. The molecule has 26 heavy (non-hydrogen) atoms. The lowest BCUT2D eigenvalue weighted by atomic mass is 10.1. The fourth-order valence-corrected chi connectivity index (χ4v) is 2.60. The number of para-hydroxylation sites is 2. The second-order valence-corrected chi connectivity index (χ2v) is 5.64. The fraction of sp³-hybridized carbons (Fsp3) is 0.250. The van der Waals surface area contributed by atoms with Gasteiger partial charge < -0.3 is 15.0 Å². The van der Waals surface area contributed by atoms with Crippen LogP contribution in [0.3, 0.4) is 0 Å². The van der Waals surface area contributed by atoms with Gasteiger partial charge in [-0.3, -0.25) is 9.59 Å². The summed E-state index contributed by atoms with van der Waals surface area (Å²) >= 11 is 0. The molecule has 0 bridgehead atoms. The Bertz CT molecular complexity index is 827. The molecular formula is C20H21N3O3. The van der Waals surface area contributed by atoms with E-state index in [4.69, 9.17) is 4.74 Å². The van der Waals surface area contributed by atoms with Crippen molar-refractivity contribution in [2.45, 2.75) is 19.9 Å². The van der Waals surface area contributed by atoms with Gasteiger partial charge in [0.15, 0.2) is 0 Å². The van der Waals surface area contributed by atoms with Gasteiger partial charge in [-0.1, -0.05) is 30.3 Å². The van der Waals surface area contributed by atoms with E-state index in [0.29, 0.717) is 23.5 Å². The first kappa shape index (κ1) is 19.0. The molecule has 0 saturated carbocycles. The lowest BCUT2D eigenvalue weighted by Crippen LogP contribution is -2.34. The van der Waals surface area contributed by atoms with Crippen LogP contribution in [0.4, 0.5) is 5.69 Å². The summed E-state index contributed by atoms with van der Waals surface area (Å²) in [5, 5.41) is 12.0. The van der Waals surface area contributed by atoms with Gasteiger partial charge in [-0.25, -0.2) is 0 Å². The summed E-state index contributed by atoms with van der Waals surface area (Å²) in [4.78, 5) is 25.6. The highest BCUT2D eigenvalue weighted by molar-refractivity contribution is 5.93. The van der Waals surface area contributed by atoms with Crippen molar-refractivity contribution in [1.82, 2.24) is 5.32 Å². The quantitative estimate of drug-likeness (QED) is 0.831. The zero-order valence-corrected chi connectivity index (χ0v) is 14.9. The number of nitriles is 1. The number of rotatable bonds is 7. The minimum Gasteiger partial charge on any atom is -0.496 e. The van der Waals surface area contributed by atoms with Crippen LogP contribution in [0.5, 0.6) is 5.75 Å². The zero-order valence-electron chi connectivity index (χ0n) is 14.9. The number of hydrogen-bond acceptors (Lipinski definition) is 4. The molecule has 6 nitrogen and oxygen atoms in total. The third kappa shape index (κ3) is 4.84. The van der Waals surface area contributed by atoms with Gasteiger partial charge in [0, 0.05) is 32.0 Å². The number of methoxy groups -OCH3 is 1. The highest BCUT2D eigenvalue weighted by atomic mass is 16.5. The van der Waals surface area contributed by atoms with E-state index >= 15 is 0 Å². The van der Waals surface area contributed by atoms with Crippen molar-refractivity contribution in [2.24, 2.45) is 0 Å². The molecule has 0 spiro atoms. The third-order valence-electron chi connectivity index (χ3n) is 3.93. The molecule has 0 atom stereocenters. The van der Waals surface area contributed by atoms with Crippen LogP contribution in [0.1, 0.15) is 24.5 Å². The van der Waals surface area contributed by atoms with E-state index in [1.165, 1.54) is 11.8 Å². The Morgan fingerprint density at radius 3 is 2.54 bits per heavy atom. The topological polar surface area (TPSA) is 82.4 Å². The molecule has 0 aliphatic carbocycles. The van der Waals surface area contributed by atoms with E-state index in [1.807, 2.05) is 24.3 Å². The predicted molar refractivity (Wildman–Crippen MR) is 98.6 cm³/mol. The van der Waals surface area contributed by atoms with Gasteiger partial charge in [-0.2, -0.15) is 5.26 Å². The molecule has 2 aromatic rings. The van der Waals surface area contributed by atoms with Crippen molar-refractivity contribution in [1.29, 1.82) is 5.26 Å². The van der Waals surface area contributed by atoms with Crippen LogP contribution < -0.4 is 15.0 Å². The molecule has 2 aromatic carbocycles. The minimum absolute atomic E-state index is 0.133. The number of hydrogen-bond donors (Lipinski definition) is 1. The summed E-state index contributed by atoms with van der Waals surface area (Å²) < 4.78 is 5.26. The van der Waals surface area contributed by atoms with E-state index in [0.717, 1.165) is 5.56 Å². The first-order chi connectivity index (χ1) is 12.6. The SMILES string of the molecule is COc1ccccc1CNC(=O)CCN(C(C)=O)c1ccccc1C#N. The average molecular weight is 351 g/mol. The molecule has 0 fully saturated rings. The van der Waals surface area contributed by atoms with Gasteiger partial charge in [0.1, 0.15) is 11.8 Å². The van der Waals surface area contributed by atoms with E-state index in [9.17, 15) is 14.9 Å². The first-order valence-corrected chi connectivity index (χ1v) is 8.22. The van der Waals surface area contributed by atoms with Crippen LogP contribution in [0.25, 0.3) is 0 Å². The molecule has 2 rings (SSSR count). The number of nitrogens with one attached hydrogen (secondary N) is 1. The number of nitrogens with zero attached hydrogens (tertiary/aromatic N) is 2. The third-order valence-corrected chi connectivity index (χ3v) is 3.93. The molecular weight excluding hydrogens is 330 g/mol. The predicted octanol–water partition coefficient (Wildman–Crippen LogP) is 2.63. The average Bonchev–Trinajstić information content (AvgIpc) is 2.66. The van der Waals surface area contributed by atoms with E-state index in [-0.39, 0.29) is 24.8 Å². The standard InChI is InChI=1S/C20H21N3O3/c1-15(24)23(18-9-5-3-7-16(18)13-21)12-11-20(25)22-14-17-8-4-6-10-19(17)26-2/h3-10H,11-12,14H2,1-2H3,(H,22,25). The normalized spacial score (nSPS) is 9.88. The number of anilines is 1. The molecule has 2 amide bonds. The maximum atomic E-state index is 12.2. The zero-order chi connectivity index (χ0) is 18.9. The van der Waals surface area contributed by atoms with Crippen molar-refractivity contribution in [3.8, 4) is 11.8 Å². The van der Waals surface area contributed by atoms with Gasteiger partial charge in [-0.15, -0.1) is 0 Å². The van der Waals surface area contributed by atoms with Gasteiger partial charge >= 0.3 is 0 Å². The van der Waals surface area contributed by atoms with E-state index in [2.05, 4.69) is 11.4 Å². The van der Waals surface area contributed by atoms with E-state index in [1.54, 1.807) is 31.4 Å². The van der Waals surface area contributed by atoms with Crippen LogP contribution >= 0.6 is 0 Å². The molecule has 1 N–H and O–H groups in total. The number of benzene rings is 2. The van der Waals surface area contributed by atoms with Crippen molar-refractivity contribution >= 4 is 17.5 Å². The Morgan fingerprint density at radius 2 is 1.85 bits per heavy atom. The van der Waals surface area contributed by atoms with Gasteiger partial charge in [0.25, 0.3) is 0 Å². The summed E-state index contributed by atoms with van der Waals surface area (Å²) in [5.41, 5.74) is 1.79. The van der Waals surface area contributed by atoms with Crippen LogP contribution in [-0.4, -0.2) is 25.5 Å². The second-order valence-electron chi connectivity index (χ2n) is 5.64. The molecule has 6 heteroatoms. The summed E-state index contributed by atoms with van der Waals surface area (Å²) in [7, 11) is 1.58. The Balaban J connectivity index is 1.98. The number of ether oxygens (including phenoxy) is 1. The molecule has 0 heterocycles. The monoisotopic (exact) mass is 351 g/mol.